The van der Waals surface area contributed by atoms with Gasteiger partial charge in [-0.15, -0.1) is 10.2 Å². The van der Waals surface area contributed by atoms with E-state index in [9.17, 15) is 18.0 Å². The summed E-state index contributed by atoms with van der Waals surface area (Å²) in [7, 11) is 0. The summed E-state index contributed by atoms with van der Waals surface area (Å²) in [5.41, 5.74) is -1.03. The summed E-state index contributed by atoms with van der Waals surface area (Å²) >= 11 is 19.0. The maximum atomic E-state index is 12.9. The molecule has 3 aromatic rings. The van der Waals surface area contributed by atoms with Crippen molar-refractivity contribution in [3.63, 3.8) is 0 Å². The van der Waals surface area contributed by atoms with Gasteiger partial charge in [0, 0.05) is 11.6 Å². The monoisotopic (exact) mass is 538 g/mol. The van der Waals surface area contributed by atoms with Crippen LogP contribution in [0.5, 0.6) is 5.75 Å². The Morgan fingerprint density at radius 1 is 1.12 bits per heavy atom. The molecule has 0 saturated heterocycles. The van der Waals surface area contributed by atoms with Crippen molar-refractivity contribution in [2.45, 2.75) is 31.4 Å². The second-order valence-corrected chi connectivity index (χ2v) is 8.73. The van der Waals surface area contributed by atoms with E-state index in [-0.39, 0.29) is 23.1 Å². The zero-order chi connectivity index (χ0) is 24.2. The Morgan fingerprint density at radius 3 is 2.55 bits per heavy atom. The number of ether oxygens (including phenoxy) is 1. The lowest BCUT2D eigenvalue weighted by atomic mass is 10.2. The molecule has 33 heavy (non-hydrogen) atoms. The molecule has 1 N–H and O–H groups in total. The predicted molar refractivity (Wildman–Crippen MR) is 122 cm³/mol. The molecule has 0 fully saturated rings. The van der Waals surface area contributed by atoms with E-state index in [2.05, 4.69) is 15.5 Å². The van der Waals surface area contributed by atoms with Gasteiger partial charge in [-0.3, -0.25) is 4.79 Å². The van der Waals surface area contributed by atoms with Crippen molar-refractivity contribution >= 4 is 58.2 Å². The van der Waals surface area contributed by atoms with Crippen LogP contribution in [0.1, 0.15) is 18.3 Å². The number of aromatic nitrogens is 3. The highest BCUT2D eigenvalue weighted by molar-refractivity contribution is 7.99. The van der Waals surface area contributed by atoms with Crippen LogP contribution >= 0.6 is 46.6 Å². The van der Waals surface area contributed by atoms with Crippen molar-refractivity contribution in [1.29, 1.82) is 0 Å². The fourth-order valence-electron chi connectivity index (χ4n) is 2.70. The minimum Gasteiger partial charge on any atom is -0.484 e. The largest absolute Gasteiger partial charge is 0.484 e. The maximum Gasteiger partial charge on any atom is 0.416 e. The first-order valence-corrected chi connectivity index (χ1v) is 11.5. The quantitative estimate of drug-likeness (QED) is 0.327. The minimum absolute atomic E-state index is 0.00151. The summed E-state index contributed by atoms with van der Waals surface area (Å²) in [6, 6.07) is 7.55. The van der Waals surface area contributed by atoms with Gasteiger partial charge in [-0.25, -0.2) is 0 Å². The van der Waals surface area contributed by atoms with E-state index < -0.39 is 17.6 Å². The zero-order valence-electron chi connectivity index (χ0n) is 16.9. The lowest BCUT2D eigenvalue weighted by Gasteiger charge is -2.12. The minimum atomic E-state index is -4.55. The van der Waals surface area contributed by atoms with Crippen molar-refractivity contribution in [1.82, 2.24) is 14.8 Å². The van der Waals surface area contributed by atoms with Gasteiger partial charge in [0.25, 0.3) is 0 Å². The third kappa shape index (κ3) is 6.69. The molecule has 176 valence electrons. The average Bonchev–Trinajstić information content (AvgIpc) is 3.14. The Labute approximate surface area is 206 Å². The van der Waals surface area contributed by atoms with Crippen molar-refractivity contribution in [3.05, 3.63) is 62.9 Å². The van der Waals surface area contributed by atoms with Gasteiger partial charge in [0.15, 0.2) is 11.0 Å². The molecule has 0 saturated carbocycles. The molecular weight excluding hydrogens is 524 g/mol. The number of rotatable bonds is 8. The van der Waals surface area contributed by atoms with E-state index in [0.717, 1.165) is 30.0 Å². The summed E-state index contributed by atoms with van der Waals surface area (Å²) in [5, 5.41) is 11.8. The molecule has 0 aliphatic rings. The normalized spacial score (nSPS) is 11.5. The summed E-state index contributed by atoms with van der Waals surface area (Å²) in [4.78, 5) is 12.3. The number of alkyl halides is 3. The lowest BCUT2D eigenvalue weighted by Crippen LogP contribution is -2.16. The van der Waals surface area contributed by atoms with Gasteiger partial charge < -0.3 is 14.6 Å². The van der Waals surface area contributed by atoms with Crippen molar-refractivity contribution in [3.8, 4) is 5.75 Å². The number of benzene rings is 2. The van der Waals surface area contributed by atoms with Gasteiger partial charge in [-0.05, 0) is 43.3 Å². The first kappa shape index (κ1) is 25.5. The highest BCUT2D eigenvalue weighted by Crippen LogP contribution is 2.34. The topological polar surface area (TPSA) is 69.0 Å². The van der Waals surface area contributed by atoms with Crippen molar-refractivity contribution in [2.24, 2.45) is 0 Å². The molecule has 6 nitrogen and oxygen atoms in total. The highest BCUT2D eigenvalue weighted by Gasteiger charge is 2.31. The van der Waals surface area contributed by atoms with Crippen LogP contribution in [0.15, 0.2) is 41.6 Å². The molecule has 3 rings (SSSR count). The fraction of sp³-hybridized carbons (Fsp3) is 0.250. The molecule has 1 aromatic heterocycles. The molecule has 2 aromatic carbocycles. The Morgan fingerprint density at radius 2 is 1.88 bits per heavy atom. The Bertz CT molecular complexity index is 1160. The van der Waals surface area contributed by atoms with Gasteiger partial charge in [0.1, 0.15) is 12.4 Å². The number of carbonyl (C=O) groups is 1. The van der Waals surface area contributed by atoms with Crippen LogP contribution in [0.2, 0.25) is 15.1 Å². The second kappa shape index (κ2) is 10.9. The average molecular weight is 540 g/mol. The number of amides is 1. The number of hydrogen-bond donors (Lipinski definition) is 1. The third-order valence-corrected chi connectivity index (χ3v) is 6.09. The van der Waals surface area contributed by atoms with Crippen LogP contribution in [-0.2, 0) is 24.1 Å². The first-order valence-electron chi connectivity index (χ1n) is 9.37. The zero-order valence-corrected chi connectivity index (χ0v) is 20.0. The van der Waals surface area contributed by atoms with Crippen LogP contribution in [0.4, 0.5) is 18.9 Å². The molecule has 1 heterocycles. The number of hydrogen-bond acceptors (Lipinski definition) is 5. The third-order valence-electron chi connectivity index (χ3n) is 4.26. The molecule has 0 bridgehead atoms. The van der Waals surface area contributed by atoms with E-state index in [1.807, 2.05) is 6.92 Å². The Hall–Kier alpha value is -2.14. The Balaban J connectivity index is 1.62. The number of carbonyl (C=O) groups excluding carboxylic acids is 1. The fourth-order valence-corrected chi connectivity index (χ4v) is 4.15. The molecule has 13 heteroatoms. The van der Waals surface area contributed by atoms with Gasteiger partial charge in [-0.2, -0.15) is 13.2 Å². The smallest absolute Gasteiger partial charge is 0.416 e. The van der Waals surface area contributed by atoms with Crippen molar-refractivity contribution < 1.29 is 22.7 Å². The highest BCUT2D eigenvalue weighted by atomic mass is 35.5. The summed E-state index contributed by atoms with van der Waals surface area (Å²) < 4.78 is 46.1. The molecule has 0 unspecified atom stereocenters. The van der Waals surface area contributed by atoms with E-state index in [4.69, 9.17) is 39.5 Å². The number of anilines is 1. The maximum absolute atomic E-state index is 12.9. The number of halogens is 6. The van der Waals surface area contributed by atoms with Crippen LogP contribution in [-0.4, -0.2) is 26.4 Å². The van der Waals surface area contributed by atoms with E-state index in [1.54, 1.807) is 22.8 Å². The first-order chi connectivity index (χ1) is 15.6. The molecule has 0 aliphatic carbocycles. The summed E-state index contributed by atoms with van der Waals surface area (Å²) in [6.45, 7) is 2.45. The number of nitrogens with zero attached hydrogens (tertiary/aromatic N) is 3. The van der Waals surface area contributed by atoms with Crippen LogP contribution in [0.3, 0.4) is 0 Å². The SMILES string of the molecule is CCn1c(COc2ccc(Cl)cc2Cl)nnc1SCC(=O)Nc1cc(C(F)(F)F)ccc1Cl. The standard InChI is InChI=1S/C20H16Cl3F3N4O2S/c1-2-30-17(9-32-16-6-4-12(21)8-14(16)23)28-29-19(30)33-10-18(31)27-15-7-11(20(24,25)26)3-5-13(15)22/h3-8H,2,9-10H2,1H3,(H,27,31). The predicted octanol–water partition coefficient (Wildman–Crippen LogP) is 6.59. The van der Waals surface area contributed by atoms with Gasteiger partial charge in [0.05, 0.1) is 27.0 Å². The number of nitrogens with one attached hydrogen (secondary N) is 1. The van der Waals surface area contributed by atoms with Gasteiger partial charge in [0.2, 0.25) is 5.91 Å². The molecule has 0 radical (unpaired) electrons. The molecular formula is C20H16Cl3F3N4O2S. The molecule has 0 spiro atoms. The molecule has 0 aliphatic heterocycles. The summed E-state index contributed by atoms with van der Waals surface area (Å²) in [6.07, 6.45) is -4.55. The molecule has 1 amide bonds. The van der Waals surface area contributed by atoms with Crippen LogP contribution < -0.4 is 10.1 Å². The van der Waals surface area contributed by atoms with Gasteiger partial charge >= 0.3 is 6.18 Å². The second-order valence-electron chi connectivity index (χ2n) is 6.54. The van der Waals surface area contributed by atoms with Gasteiger partial charge in [-0.1, -0.05) is 46.6 Å². The van der Waals surface area contributed by atoms with E-state index >= 15 is 0 Å². The molecule has 0 atom stereocenters. The van der Waals surface area contributed by atoms with Crippen molar-refractivity contribution in [2.75, 3.05) is 11.1 Å². The summed E-state index contributed by atoms with van der Waals surface area (Å²) in [5.74, 6) is 0.275. The number of thioether (sulfide) groups is 1. The van der Waals surface area contributed by atoms with Crippen LogP contribution in [0.25, 0.3) is 0 Å². The Kier molecular flexibility index (Phi) is 8.38. The van der Waals surface area contributed by atoms with E-state index in [1.165, 1.54) is 0 Å². The lowest BCUT2D eigenvalue weighted by molar-refractivity contribution is -0.137. The van der Waals surface area contributed by atoms with Crippen LogP contribution in [0, 0.1) is 0 Å². The van der Waals surface area contributed by atoms with E-state index in [0.29, 0.717) is 33.3 Å².